The molecular formula is C63H51BrF2N10O12S2. The van der Waals surface area contributed by atoms with Gasteiger partial charge in [-0.1, -0.05) is 12.1 Å². The molecule has 27 heteroatoms. The summed E-state index contributed by atoms with van der Waals surface area (Å²) in [6.45, 7) is 0.345. The van der Waals surface area contributed by atoms with E-state index in [1.807, 2.05) is 15.2 Å². The third-order valence-corrected chi connectivity index (χ3v) is 18.1. The number of nitrogens with one attached hydrogen (secondary N) is 3. The van der Waals surface area contributed by atoms with Crippen molar-refractivity contribution in [2.45, 2.75) is 13.5 Å². The fraction of sp³-hybridized carbons (Fsp3) is 0.143. The highest BCUT2D eigenvalue weighted by atomic mass is 79.9. The molecule has 90 heavy (non-hydrogen) atoms. The van der Waals surface area contributed by atoms with Gasteiger partial charge in [-0.3, -0.25) is 23.0 Å². The minimum Gasteiger partial charge on any atom is -0.481 e. The second kappa shape index (κ2) is 22.6. The van der Waals surface area contributed by atoms with Crippen LogP contribution in [0.25, 0.3) is 112 Å². The molecule has 4 aromatic carbocycles. The van der Waals surface area contributed by atoms with E-state index in [4.69, 9.17) is 33.0 Å². The number of aromatic nitrogens is 6. The molecule has 0 bridgehead atoms. The topological polar surface area (TPSA) is 268 Å². The number of nitrogens with zero attached hydrogens (tertiary/aromatic N) is 7. The number of benzene rings is 4. The molecule has 2 aliphatic rings. The van der Waals surface area contributed by atoms with Crippen LogP contribution >= 0.6 is 17.0 Å². The van der Waals surface area contributed by atoms with Crippen molar-refractivity contribution in [3.63, 3.8) is 0 Å². The molecule has 0 atom stereocenters. The van der Waals surface area contributed by atoms with Gasteiger partial charge < -0.3 is 47.8 Å². The summed E-state index contributed by atoms with van der Waals surface area (Å²) in [6, 6.07) is 32.6. The predicted octanol–water partition coefficient (Wildman–Crippen LogP) is 10.7. The molecule has 3 N–H and O–H groups in total. The van der Waals surface area contributed by atoms with Crippen molar-refractivity contribution in [3.8, 4) is 85.3 Å². The quantitative estimate of drug-likeness (QED) is 0.109. The van der Waals surface area contributed by atoms with Gasteiger partial charge in [-0.2, -0.15) is 0 Å². The molecule has 458 valence electrons. The molecule has 22 nitrogen and oxygen atoms in total. The number of ether oxygens (including phenoxy) is 3. The van der Waals surface area contributed by atoms with Crippen LogP contribution in [0, 0.1) is 11.6 Å². The molecule has 0 spiro atoms. The zero-order valence-electron chi connectivity index (χ0n) is 48.6. The molecule has 0 saturated heterocycles. The zero-order valence-corrected chi connectivity index (χ0v) is 52.0. The number of hydrogen-bond acceptors (Lipinski definition) is 15. The van der Waals surface area contributed by atoms with Crippen LogP contribution in [-0.2, 0) is 33.5 Å². The lowest BCUT2D eigenvalue weighted by molar-refractivity contribution is 0.0956. The first kappa shape index (κ1) is 59.9. The minimum absolute atomic E-state index is 0. The smallest absolute Gasteiger partial charge is 0.255 e. The first-order valence-electron chi connectivity index (χ1n) is 27.2. The second-order valence-electron chi connectivity index (χ2n) is 20.9. The average Bonchev–Trinajstić information content (AvgIpc) is 2.36. The third-order valence-electron chi connectivity index (χ3n) is 15.7. The summed E-state index contributed by atoms with van der Waals surface area (Å²) in [5.41, 5.74) is 7.05. The van der Waals surface area contributed by atoms with Crippen molar-refractivity contribution >= 4 is 104 Å². The summed E-state index contributed by atoms with van der Waals surface area (Å²) in [5.74, 6) is 0.0996. The Kier molecular flexibility index (Phi) is 15.1. The van der Waals surface area contributed by atoms with Crippen LogP contribution in [0.3, 0.4) is 0 Å². The number of aromatic amines is 1. The van der Waals surface area contributed by atoms with Gasteiger partial charge in [-0.25, -0.2) is 40.6 Å². The molecule has 12 aromatic rings. The number of amides is 2. The van der Waals surface area contributed by atoms with Gasteiger partial charge in [-0.15, -0.1) is 17.0 Å². The summed E-state index contributed by atoms with van der Waals surface area (Å²) in [5, 5.41) is 6.96. The molecule has 2 aliphatic heterocycles. The van der Waals surface area contributed by atoms with Gasteiger partial charge in [-0.05, 0) is 84.9 Å². The van der Waals surface area contributed by atoms with Gasteiger partial charge >= 0.3 is 0 Å². The first-order chi connectivity index (χ1) is 42.6. The van der Waals surface area contributed by atoms with Crippen LogP contribution in [0.15, 0.2) is 147 Å². The lowest BCUT2D eigenvalue weighted by Gasteiger charge is -2.23. The summed E-state index contributed by atoms with van der Waals surface area (Å²) < 4.78 is 116. The number of fused-ring (bicyclic) bond motifs is 12. The Hall–Kier alpha value is -10.4. The van der Waals surface area contributed by atoms with Gasteiger partial charge in [0.15, 0.2) is 13.5 Å². The van der Waals surface area contributed by atoms with Crippen molar-refractivity contribution < 1.29 is 58.3 Å². The SMILES string of the molecule is Br.CNC(=O)c1c(-c2cc[nH]c(=O)c2)oc2cc(N(C)S(C)(=O)=O)c(-c3ccc4c(n3)-c3cc5c(F)cccc5n3CO4)cc12.CNC(=O)c1c(-c2ccnc(OC)c2)oc2cc(N(C)S(C)(=O)=O)c(-c3ccc4c(n3)-c3cc5c(F)cccc5n3CO4)cc12. The fourth-order valence-corrected chi connectivity index (χ4v) is 12.2. The van der Waals surface area contributed by atoms with Crippen LogP contribution in [0.1, 0.15) is 20.7 Å². The van der Waals surface area contributed by atoms with Crippen LogP contribution < -0.4 is 39.0 Å². The molecule has 0 radical (unpaired) electrons. The van der Waals surface area contributed by atoms with Gasteiger partial charge in [0.05, 0.1) is 75.9 Å². The lowest BCUT2D eigenvalue weighted by Crippen LogP contribution is -2.25. The Balaban J connectivity index is 0.000000172. The monoisotopic (exact) mass is 1320 g/mol. The molecule has 0 fully saturated rings. The standard InChI is InChI=1S/C32H26FN5O6S.C31H24FN5O6S.BrH/c1-34-32(39)29-20-13-19(22-8-9-26-30(36-22)25-14-18-21(33)6-5-7-23(18)38(25)16-43-26)24(37(2)45(4,40)41)15-27(20)44-31(29)17-10-11-35-28(12-17)42-3;1-33-31(39)28-19-12-18(23(36(2)44(3,40)41)14-26(19)43-30(28)16-9-10-34-27(38)11-16)21-7-8-25-29(35-21)24-13-17-20(32)5-4-6-22(17)37(24)15-42-25;/h5-15H,16H2,1-4H3,(H,34,39);4-14H,15H2,1-3H3,(H,33,39)(H,34,38);1H. The molecule has 14 rings (SSSR count). The molecule has 0 saturated carbocycles. The zero-order chi connectivity index (χ0) is 62.5. The van der Waals surface area contributed by atoms with Gasteiger partial charge in [0, 0.05) is 109 Å². The third kappa shape index (κ3) is 10.2. The highest BCUT2D eigenvalue weighted by Crippen LogP contribution is 2.47. The average molecular weight is 1320 g/mol. The summed E-state index contributed by atoms with van der Waals surface area (Å²) in [4.78, 5) is 55.1. The number of hydrogen-bond donors (Lipinski definition) is 3. The van der Waals surface area contributed by atoms with E-state index in [-0.39, 0.29) is 92.8 Å². The minimum atomic E-state index is -3.76. The van der Waals surface area contributed by atoms with E-state index in [1.54, 1.807) is 91.0 Å². The van der Waals surface area contributed by atoms with Crippen LogP contribution in [0.4, 0.5) is 20.2 Å². The second-order valence-corrected chi connectivity index (χ2v) is 24.9. The number of pyridine rings is 4. The van der Waals surface area contributed by atoms with Crippen molar-refractivity contribution in [2.24, 2.45) is 0 Å². The number of halogens is 3. The van der Waals surface area contributed by atoms with E-state index in [9.17, 15) is 40.0 Å². The summed E-state index contributed by atoms with van der Waals surface area (Å²) >= 11 is 0. The molecule has 8 aromatic heterocycles. The first-order valence-corrected chi connectivity index (χ1v) is 30.9. The molecule has 0 unspecified atom stereocenters. The maximum Gasteiger partial charge on any atom is 0.255 e. The number of H-pyrrole nitrogens is 1. The van der Waals surface area contributed by atoms with E-state index in [0.717, 1.165) is 21.1 Å². The van der Waals surface area contributed by atoms with Gasteiger partial charge in [0.25, 0.3) is 11.8 Å². The van der Waals surface area contributed by atoms with Crippen LogP contribution in [-0.4, -0.2) is 106 Å². The Morgan fingerprint density at radius 1 is 0.622 bits per heavy atom. The molecule has 10 heterocycles. The highest BCUT2D eigenvalue weighted by Gasteiger charge is 2.32. The highest BCUT2D eigenvalue weighted by molar-refractivity contribution is 8.93. The Morgan fingerprint density at radius 2 is 1.09 bits per heavy atom. The lowest BCUT2D eigenvalue weighted by atomic mass is 10.0. The predicted molar refractivity (Wildman–Crippen MR) is 341 cm³/mol. The Morgan fingerprint density at radius 3 is 1.52 bits per heavy atom. The molecule has 0 aliphatic carbocycles. The van der Waals surface area contributed by atoms with Gasteiger partial charge in [0.2, 0.25) is 31.5 Å². The van der Waals surface area contributed by atoms with Crippen molar-refractivity contribution in [2.75, 3.05) is 56.4 Å². The number of carbonyl (C=O) groups is 2. The van der Waals surface area contributed by atoms with E-state index >= 15 is 0 Å². The number of carbonyl (C=O) groups excluding carboxylic acids is 2. The molecule has 2 amide bonds. The molecular weight excluding hydrogens is 1270 g/mol. The fourth-order valence-electron chi connectivity index (χ4n) is 11.1. The normalized spacial score (nSPS) is 12.4. The van der Waals surface area contributed by atoms with E-state index in [0.29, 0.717) is 106 Å². The van der Waals surface area contributed by atoms with E-state index in [2.05, 4.69) is 20.6 Å². The number of sulfonamides is 2. The summed E-state index contributed by atoms with van der Waals surface area (Å²) in [7, 11) is -0.192. The maximum absolute atomic E-state index is 14.7. The number of anilines is 2. The van der Waals surface area contributed by atoms with Crippen LogP contribution in [0.5, 0.6) is 17.4 Å². The number of furan rings is 2. The van der Waals surface area contributed by atoms with Crippen molar-refractivity contribution in [1.29, 1.82) is 0 Å². The van der Waals surface area contributed by atoms with Crippen molar-refractivity contribution in [1.82, 2.24) is 39.7 Å². The van der Waals surface area contributed by atoms with E-state index in [1.165, 1.54) is 72.0 Å². The van der Waals surface area contributed by atoms with E-state index < -0.39 is 31.9 Å². The number of rotatable bonds is 11. The number of methoxy groups -OCH3 is 1. The van der Waals surface area contributed by atoms with Gasteiger partial charge in [0.1, 0.15) is 57.2 Å². The van der Waals surface area contributed by atoms with Crippen LogP contribution in [0.2, 0.25) is 0 Å². The van der Waals surface area contributed by atoms with Crippen molar-refractivity contribution in [3.05, 3.63) is 167 Å². The summed E-state index contributed by atoms with van der Waals surface area (Å²) in [6.07, 6.45) is 5.14. The Labute approximate surface area is 521 Å². The Bertz CT molecular complexity index is 5290. The maximum atomic E-state index is 14.7. The largest absolute Gasteiger partial charge is 0.481 e.